The second-order valence-electron chi connectivity index (χ2n) is 7.16. The van der Waals surface area contributed by atoms with E-state index in [0.29, 0.717) is 50.5 Å². The molecule has 7 nitrogen and oxygen atoms in total. The number of rotatable bonds is 4. The number of methoxy groups -OCH3 is 2. The number of ether oxygens (including phenoxy) is 2. The number of hydrogen-bond acceptors (Lipinski definition) is 6. The molecule has 0 atom stereocenters. The summed E-state index contributed by atoms with van der Waals surface area (Å²) in [6.45, 7) is 0.821. The number of carbonyl (C=O) groups is 1. The van der Waals surface area contributed by atoms with Gasteiger partial charge in [0.1, 0.15) is 22.6 Å². The molecule has 0 fully saturated rings. The van der Waals surface area contributed by atoms with E-state index >= 15 is 0 Å². The van der Waals surface area contributed by atoms with Crippen LogP contribution >= 0.6 is 11.8 Å². The molecule has 5 rings (SSSR count). The Hall–Kier alpha value is -3.33. The van der Waals surface area contributed by atoms with E-state index in [0.717, 1.165) is 5.75 Å². The lowest BCUT2D eigenvalue weighted by molar-refractivity contribution is 0.0600. The van der Waals surface area contributed by atoms with Crippen LogP contribution < -0.4 is 10.3 Å². The predicted octanol–water partition coefficient (Wildman–Crippen LogP) is 3.44. The minimum absolute atomic E-state index is 0.162. The first kappa shape index (κ1) is 19.6. The third-order valence-corrected chi connectivity index (χ3v) is 6.42. The molecule has 0 radical (unpaired) electrons. The van der Waals surface area contributed by atoms with Crippen molar-refractivity contribution in [1.29, 1.82) is 0 Å². The van der Waals surface area contributed by atoms with Crippen LogP contribution in [-0.2, 0) is 17.8 Å². The maximum atomic E-state index is 14.1. The average molecular weight is 439 g/mol. The molecular formula is C22H18FN3O4S. The normalized spacial score (nSPS) is 13.0. The zero-order valence-corrected chi connectivity index (χ0v) is 17.7. The van der Waals surface area contributed by atoms with Crippen molar-refractivity contribution in [3.8, 4) is 5.75 Å². The van der Waals surface area contributed by atoms with Gasteiger partial charge in [-0.1, -0.05) is 11.8 Å². The van der Waals surface area contributed by atoms with E-state index < -0.39 is 11.8 Å². The summed E-state index contributed by atoms with van der Waals surface area (Å²) < 4.78 is 27.9. The summed E-state index contributed by atoms with van der Waals surface area (Å²) in [6, 6.07) is 9.40. The summed E-state index contributed by atoms with van der Waals surface area (Å²) in [4.78, 5) is 30.1. The van der Waals surface area contributed by atoms with Crippen LogP contribution in [0.1, 0.15) is 15.9 Å². The summed E-state index contributed by atoms with van der Waals surface area (Å²) >= 11 is 1.51. The van der Waals surface area contributed by atoms with Gasteiger partial charge in [-0.15, -0.1) is 0 Å². The summed E-state index contributed by atoms with van der Waals surface area (Å²) in [7, 11) is 2.86. The van der Waals surface area contributed by atoms with Gasteiger partial charge in [-0.2, -0.15) is 0 Å². The monoisotopic (exact) mass is 439 g/mol. The van der Waals surface area contributed by atoms with Gasteiger partial charge >= 0.3 is 5.97 Å². The number of carbonyl (C=O) groups excluding carboxylic acids is 1. The molecule has 0 N–H and O–H groups in total. The highest BCUT2D eigenvalue weighted by Gasteiger charge is 2.23. The third kappa shape index (κ3) is 3.07. The van der Waals surface area contributed by atoms with Crippen LogP contribution in [0.25, 0.3) is 21.9 Å². The topological polar surface area (TPSA) is 75.3 Å². The zero-order valence-electron chi connectivity index (χ0n) is 16.8. The Balaban J connectivity index is 1.79. The van der Waals surface area contributed by atoms with Gasteiger partial charge in [0.05, 0.1) is 31.8 Å². The van der Waals surface area contributed by atoms with E-state index in [9.17, 15) is 14.0 Å². The van der Waals surface area contributed by atoms with Gasteiger partial charge in [-0.25, -0.2) is 14.2 Å². The molecular weight excluding hydrogens is 421 g/mol. The number of hydrogen-bond donors (Lipinski definition) is 0. The number of halogens is 1. The number of nitrogens with zero attached hydrogens (tertiary/aromatic N) is 3. The highest BCUT2D eigenvalue weighted by molar-refractivity contribution is 7.99. The first-order valence-electron chi connectivity index (χ1n) is 9.62. The lowest BCUT2D eigenvalue weighted by Gasteiger charge is -2.13. The lowest BCUT2D eigenvalue weighted by Crippen LogP contribution is -2.22. The predicted molar refractivity (Wildman–Crippen MR) is 116 cm³/mol. The van der Waals surface area contributed by atoms with Gasteiger partial charge in [0.15, 0.2) is 5.16 Å². The Labute approximate surface area is 180 Å². The molecule has 4 aromatic rings. The van der Waals surface area contributed by atoms with Crippen LogP contribution in [0, 0.1) is 5.82 Å². The van der Waals surface area contributed by atoms with Gasteiger partial charge in [0, 0.05) is 23.2 Å². The van der Waals surface area contributed by atoms with Gasteiger partial charge in [-0.05, 0) is 36.4 Å². The molecule has 0 aliphatic carbocycles. The minimum Gasteiger partial charge on any atom is -0.496 e. The van der Waals surface area contributed by atoms with Crippen molar-refractivity contribution in [3.63, 3.8) is 0 Å². The molecule has 3 heterocycles. The minimum atomic E-state index is -0.468. The van der Waals surface area contributed by atoms with Gasteiger partial charge < -0.3 is 14.0 Å². The summed E-state index contributed by atoms with van der Waals surface area (Å²) in [5, 5.41) is 1.22. The molecule has 2 aromatic heterocycles. The molecule has 0 unspecified atom stereocenters. The maximum Gasteiger partial charge on any atom is 0.337 e. The molecule has 158 valence electrons. The highest BCUT2D eigenvalue weighted by atomic mass is 32.2. The number of aromatic nitrogens is 3. The van der Waals surface area contributed by atoms with E-state index in [2.05, 4.69) is 4.98 Å². The van der Waals surface area contributed by atoms with Crippen LogP contribution in [0.2, 0.25) is 0 Å². The van der Waals surface area contributed by atoms with Crippen molar-refractivity contribution < 1.29 is 18.7 Å². The molecule has 0 saturated heterocycles. The molecule has 0 spiro atoms. The Morgan fingerprint density at radius 3 is 2.84 bits per heavy atom. The van der Waals surface area contributed by atoms with E-state index in [-0.39, 0.29) is 12.1 Å². The SMILES string of the molecule is COC(=O)c1ccc(OC)c(Cn2c3ccc(F)cc3c3nc4n(c(=O)c32)CCS4)c1. The van der Waals surface area contributed by atoms with E-state index in [1.807, 2.05) is 4.57 Å². The second kappa shape index (κ2) is 7.42. The van der Waals surface area contributed by atoms with E-state index in [1.54, 1.807) is 35.9 Å². The Kier molecular flexibility index (Phi) is 4.70. The lowest BCUT2D eigenvalue weighted by atomic mass is 10.1. The van der Waals surface area contributed by atoms with Crippen LogP contribution in [0.5, 0.6) is 5.75 Å². The van der Waals surface area contributed by atoms with Gasteiger partial charge in [0.2, 0.25) is 0 Å². The molecule has 9 heteroatoms. The molecule has 2 aromatic carbocycles. The van der Waals surface area contributed by atoms with Crippen molar-refractivity contribution in [1.82, 2.24) is 14.1 Å². The van der Waals surface area contributed by atoms with Gasteiger partial charge in [-0.3, -0.25) is 9.36 Å². The summed E-state index contributed by atoms with van der Waals surface area (Å²) in [6.07, 6.45) is 0. The number of esters is 1. The van der Waals surface area contributed by atoms with Crippen molar-refractivity contribution in [2.24, 2.45) is 0 Å². The van der Waals surface area contributed by atoms with Crippen molar-refractivity contribution in [3.05, 3.63) is 63.7 Å². The molecule has 0 bridgehead atoms. The van der Waals surface area contributed by atoms with Crippen LogP contribution in [0.3, 0.4) is 0 Å². The summed E-state index contributed by atoms with van der Waals surface area (Å²) in [5.41, 5.74) is 2.45. The molecule has 0 saturated carbocycles. The maximum absolute atomic E-state index is 14.1. The quantitative estimate of drug-likeness (QED) is 0.358. The Morgan fingerprint density at radius 2 is 2.06 bits per heavy atom. The van der Waals surface area contributed by atoms with Crippen LogP contribution in [-0.4, -0.2) is 40.1 Å². The Bertz CT molecular complexity index is 1430. The fourth-order valence-electron chi connectivity index (χ4n) is 4.03. The van der Waals surface area contributed by atoms with Crippen LogP contribution in [0.4, 0.5) is 4.39 Å². The third-order valence-electron chi connectivity index (χ3n) is 5.46. The second-order valence-corrected chi connectivity index (χ2v) is 8.22. The fourth-order valence-corrected chi connectivity index (χ4v) is 4.97. The number of benzene rings is 2. The van der Waals surface area contributed by atoms with Crippen molar-refractivity contribution in [2.45, 2.75) is 18.2 Å². The largest absolute Gasteiger partial charge is 0.496 e. The van der Waals surface area contributed by atoms with E-state index in [4.69, 9.17) is 9.47 Å². The van der Waals surface area contributed by atoms with Crippen molar-refractivity contribution in [2.75, 3.05) is 20.0 Å². The first-order chi connectivity index (χ1) is 15.0. The molecule has 1 aliphatic rings. The highest BCUT2D eigenvalue weighted by Crippen LogP contribution is 2.32. The first-order valence-corrected chi connectivity index (χ1v) is 10.6. The number of fused-ring (bicyclic) bond motifs is 4. The zero-order chi connectivity index (χ0) is 21.7. The smallest absolute Gasteiger partial charge is 0.337 e. The molecule has 0 amide bonds. The Morgan fingerprint density at radius 1 is 1.23 bits per heavy atom. The standard InChI is InChI=1S/C22H18FN3O4S/c1-29-17-6-3-12(21(28)30-2)9-13(17)11-26-16-5-4-14(23)10-15(16)18-19(26)20(27)25-7-8-31-22(25)24-18/h3-6,9-10H,7-8,11H2,1-2H3. The average Bonchev–Trinajstić information content (AvgIpc) is 3.37. The molecule has 1 aliphatic heterocycles. The van der Waals surface area contributed by atoms with Crippen LogP contribution in [0.15, 0.2) is 46.3 Å². The van der Waals surface area contributed by atoms with Crippen molar-refractivity contribution >= 4 is 39.7 Å². The van der Waals surface area contributed by atoms with E-state index in [1.165, 1.54) is 31.0 Å². The molecule has 31 heavy (non-hydrogen) atoms. The number of thioether (sulfide) groups is 1. The summed E-state index contributed by atoms with van der Waals surface area (Å²) in [5.74, 6) is 0.474. The fraction of sp³-hybridized carbons (Fsp3) is 0.227. The van der Waals surface area contributed by atoms with Gasteiger partial charge in [0.25, 0.3) is 5.56 Å².